The van der Waals surface area contributed by atoms with Gasteiger partial charge in [-0.05, 0) is 109 Å². The first-order valence-electron chi connectivity index (χ1n) is 23.4. The van der Waals surface area contributed by atoms with Crippen LogP contribution in [0.2, 0.25) is 5.02 Å². The first-order chi connectivity index (χ1) is 34.7. The molecule has 3 fully saturated rings. The van der Waals surface area contributed by atoms with Crippen molar-refractivity contribution in [2.45, 2.75) is 83.1 Å². The number of piperidine rings is 1. The number of carbonyl (C=O) groups is 5. The number of fused-ring (bicyclic) bond motifs is 2. The van der Waals surface area contributed by atoms with Crippen molar-refractivity contribution in [3.05, 3.63) is 110 Å². The number of ether oxygens (including phenoxy) is 4. The molecule has 0 bridgehead atoms. The van der Waals surface area contributed by atoms with Gasteiger partial charge in [-0.25, -0.2) is 14.6 Å². The quantitative estimate of drug-likeness (QED) is 0.0455. The number of oxime groups is 1. The average Bonchev–Trinajstić information content (AvgIpc) is 4.03. The molecule has 1 aromatic heterocycles. The third kappa shape index (κ3) is 10.8. The molecule has 3 aromatic carbocycles. The summed E-state index contributed by atoms with van der Waals surface area (Å²) < 4.78 is 47.4. The molecule has 378 valence electrons. The Morgan fingerprint density at radius 2 is 1.67 bits per heavy atom. The Labute approximate surface area is 430 Å². The van der Waals surface area contributed by atoms with Crippen LogP contribution in [0.4, 0.5) is 0 Å². The SMILES string of the molecule is BOC(=O)C1=C(CC23CCC[C@H]2CN(C(=O)c2ccc(OCc4ccc(OC)cc4)c(OCc4ccc(OC)cc4)c2Cl)CC3)C[S+]([O-])[C@@H]2[C@H](NC(=O)/C(=N\O[C@H](CC)C(=O)OB)c3csc(C)n3)C(=O)N12. The number of hydrogen-bond acceptors (Lipinski definition) is 16. The zero-order valence-corrected chi connectivity index (χ0v) is 43.1. The summed E-state index contributed by atoms with van der Waals surface area (Å²) in [7, 11) is 5.61. The van der Waals surface area contributed by atoms with E-state index >= 15 is 0 Å². The van der Waals surface area contributed by atoms with E-state index in [2.05, 4.69) is 15.5 Å². The number of nitrogens with zero attached hydrogens (tertiary/aromatic N) is 4. The van der Waals surface area contributed by atoms with E-state index < -0.39 is 52.4 Å². The van der Waals surface area contributed by atoms with E-state index in [0.29, 0.717) is 53.8 Å². The Kier molecular flexibility index (Phi) is 16.4. The van der Waals surface area contributed by atoms with E-state index in [4.69, 9.17) is 44.7 Å². The van der Waals surface area contributed by atoms with Gasteiger partial charge in [-0.1, -0.05) is 54.4 Å². The second kappa shape index (κ2) is 22.7. The fraction of sp³-hybridized carbons (Fsp3) is 0.408. The number of nitrogens with one attached hydrogen (secondary N) is 1. The minimum absolute atomic E-state index is 0.00400. The zero-order chi connectivity index (χ0) is 51.3. The van der Waals surface area contributed by atoms with Crippen LogP contribution in [-0.4, -0.2) is 121 Å². The molecular weight excluding hydrogens is 988 g/mol. The second-order valence-electron chi connectivity index (χ2n) is 17.9. The Morgan fingerprint density at radius 3 is 2.28 bits per heavy atom. The highest BCUT2D eigenvalue weighted by Crippen LogP contribution is 2.54. The van der Waals surface area contributed by atoms with E-state index in [1.165, 1.54) is 32.3 Å². The van der Waals surface area contributed by atoms with Crippen LogP contribution in [0, 0.1) is 18.3 Å². The number of rotatable bonds is 19. The lowest BCUT2D eigenvalue weighted by Crippen LogP contribution is -2.75. The van der Waals surface area contributed by atoms with Crippen molar-refractivity contribution < 1.29 is 61.6 Å². The van der Waals surface area contributed by atoms with Gasteiger partial charge < -0.3 is 47.9 Å². The lowest BCUT2D eigenvalue weighted by atomic mass is 9.68. The monoisotopic (exact) mass is 1040 g/mol. The van der Waals surface area contributed by atoms with Gasteiger partial charge in [-0.15, -0.1) is 11.3 Å². The number of amides is 3. The molecule has 0 spiro atoms. The van der Waals surface area contributed by atoms with Crippen LogP contribution in [0.5, 0.6) is 23.0 Å². The highest BCUT2D eigenvalue weighted by molar-refractivity contribution is 7.92. The third-order valence-corrected chi connectivity index (χ3v) is 16.5. The number of benzene rings is 3. The van der Waals surface area contributed by atoms with Crippen molar-refractivity contribution in [1.82, 2.24) is 20.1 Å². The van der Waals surface area contributed by atoms with Crippen LogP contribution in [0.1, 0.15) is 77.6 Å². The predicted molar refractivity (Wildman–Crippen MR) is 271 cm³/mol. The molecule has 2 unspecified atom stereocenters. The van der Waals surface area contributed by atoms with E-state index in [0.717, 1.165) is 30.4 Å². The van der Waals surface area contributed by atoms with Crippen molar-refractivity contribution in [3.8, 4) is 23.0 Å². The largest absolute Gasteiger partial charge is 0.614 e. The number of hydrogen-bond donors (Lipinski definition) is 1. The van der Waals surface area contributed by atoms with Gasteiger partial charge in [-0.3, -0.25) is 19.3 Å². The number of aromatic nitrogens is 1. The van der Waals surface area contributed by atoms with E-state index in [9.17, 15) is 28.5 Å². The van der Waals surface area contributed by atoms with Crippen LogP contribution in [0.25, 0.3) is 0 Å². The van der Waals surface area contributed by atoms with E-state index in [1.54, 1.807) is 50.5 Å². The van der Waals surface area contributed by atoms with Crippen molar-refractivity contribution in [3.63, 3.8) is 0 Å². The molecule has 72 heavy (non-hydrogen) atoms. The first kappa shape index (κ1) is 52.1. The summed E-state index contributed by atoms with van der Waals surface area (Å²) in [6, 6.07) is 16.9. The van der Waals surface area contributed by atoms with Gasteiger partial charge in [0.1, 0.15) is 41.9 Å². The Balaban J connectivity index is 0.992. The Morgan fingerprint density at radius 1 is 0.986 bits per heavy atom. The normalized spacial score (nSPS) is 21.9. The maximum atomic E-state index is 14.5. The molecule has 4 aromatic rings. The summed E-state index contributed by atoms with van der Waals surface area (Å²) in [4.78, 5) is 81.1. The van der Waals surface area contributed by atoms with Gasteiger partial charge in [0.05, 0.1) is 29.8 Å². The summed E-state index contributed by atoms with van der Waals surface area (Å²) in [6.45, 7) is 4.53. The molecule has 1 saturated carbocycles. The van der Waals surface area contributed by atoms with E-state index in [1.807, 2.05) is 48.5 Å². The standard InChI is InChI=1S/C49H54B2ClN5O13S2/c1-5-36(47(61)68-50)70-55-39(35-25-71-27(2)53-35)43(58)54-40-45(60)57-41(48(62)69-51)30(26-72(63)46(40)57)21-49-18-6-7-31(49)22-56(20-19-49)44(59)34-16-17-37(66-23-28-8-12-32(64-3)13-9-28)42(38(34)52)67-24-29-10-14-33(65-4)15-11-29/h8-17,25,31,36,40,46H,5-7,18-24,26,50-51H2,1-4H3,(H,54,58)/b55-39-/t31-,36+,40+,46+,49?,72?/m0/s1. The molecule has 4 aliphatic rings. The fourth-order valence-corrected chi connectivity index (χ4v) is 12.4. The number of halogens is 1. The topological polar surface area (TPSA) is 217 Å². The third-order valence-electron chi connectivity index (χ3n) is 13.7. The van der Waals surface area contributed by atoms with Crippen LogP contribution < -0.4 is 24.3 Å². The van der Waals surface area contributed by atoms with E-state index in [-0.39, 0.29) is 76.1 Å². The maximum Gasteiger partial charge on any atom is 0.337 e. The van der Waals surface area contributed by atoms with Crippen molar-refractivity contribution in [1.29, 1.82) is 0 Å². The molecule has 1 N–H and O–H groups in total. The van der Waals surface area contributed by atoms with Crippen LogP contribution >= 0.6 is 22.9 Å². The molecule has 2 saturated heterocycles. The molecule has 3 amide bonds. The van der Waals surface area contributed by atoms with Gasteiger partial charge in [0.15, 0.2) is 23.3 Å². The lowest BCUT2D eigenvalue weighted by molar-refractivity contribution is -0.149. The summed E-state index contributed by atoms with van der Waals surface area (Å²) in [5, 5.41) is 7.85. The van der Waals surface area contributed by atoms with Crippen molar-refractivity contribution >= 4 is 85.6 Å². The number of likely N-dealkylation sites (tertiary alicyclic amines) is 1. The fourth-order valence-electron chi connectivity index (χ4n) is 9.84. The number of thiazole rings is 1. The number of methoxy groups -OCH3 is 2. The highest BCUT2D eigenvalue weighted by Gasteiger charge is 2.62. The summed E-state index contributed by atoms with van der Waals surface area (Å²) in [6.07, 6.45) is 2.47. The molecule has 0 radical (unpaired) electrons. The molecule has 18 nitrogen and oxygen atoms in total. The molecule has 8 rings (SSSR count). The van der Waals surface area contributed by atoms with Gasteiger partial charge in [0, 0.05) is 24.0 Å². The highest BCUT2D eigenvalue weighted by atomic mass is 35.5. The molecular formula is C49H54B2ClN5O13S2. The zero-order valence-electron chi connectivity index (χ0n) is 40.7. The average molecular weight is 1040 g/mol. The predicted octanol–water partition coefficient (Wildman–Crippen LogP) is 4.35. The van der Waals surface area contributed by atoms with Crippen LogP contribution in [-0.2, 0) is 57.7 Å². The van der Waals surface area contributed by atoms with Gasteiger partial charge in [-0.2, -0.15) is 0 Å². The van der Waals surface area contributed by atoms with Crippen LogP contribution in [0.15, 0.2) is 82.5 Å². The minimum atomic E-state index is -1.76. The van der Waals surface area contributed by atoms with Gasteiger partial charge in [0.2, 0.25) is 11.5 Å². The molecule has 6 atom stereocenters. The van der Waals surface area contributed by atoms with Crippen molar-refractivity contribution in [2.24, 2.45) is 16.5 Å². The van der Waals surface area contributed by atoms with Gasteiger partial charge in [0.25, 0.3) is 17.7 Å². The Hall–Kier alpha value is -6.22. The summed E-state index contributed by atoms with van der Waals surface area (Å²) >= 11 is 6.61. The molecule has 23 heteroatoms. The minimum Gasteiger partial charge on any atom is -0.614 e. The smallest absolute Gasteiger partial charge is 0.337 e. The number of carbonyl (C=O) groups excluding carboxylic acids is 5. The molecule has 1 aliphatic carbocycles. The maximum absolute atomic E-state index is 14.5. The molecule has 3 aliphatic heterocycles. The van der Waals surface area contributed by atoms with Crippen molar-refractivity contribution in [2.75, 3.05) is 33.1 Å². The lowest BCUT2D eigenvalue weighted by Gasteiger charge is -2.51. The summed E-state index contributed by atoms with van der Waals surface area (Å²) in [5.74, 6) is -1.28. The second-order valence-corrected chi connectivity index (χ2v) is 20.9. The first-order valence-corrected chi connectivity index (χ1v) is 26.1. The molecule has 4 heterocycles. The Bertz CT molecular complexity index is 2760. The number of aryl methyl sites for hydroxylation is 1. The number of β-lactam (4-membered cyclic amide) rings is 1. The van der Waals surface area contributed by atoms with Gasteiger partial charge >= 0.3 is 28.0 Å². The summed E-state index contributed by atoms with van der Waals surface area (Å²) in [5.41, 5.74) is 1.98. The van der Waals surface area contributed by atoms with Crippen LogP contribution in [0.3, 0.4) is 0 Å².